The lowest BCUT2D eigenvalue weighted by molar-refractivity contribution is -0.137. The molecule has 0 heterocycles. The maximum absolute atomic E-state index is 13.6. The Labute approximate surface area is 291 Å². The van der Waals surface area contributed by atoms with Crippen LogP contribution in [-0.4, -0.2) is 53.8 Å². The number of rotatable bonds is 20. The van der Waals surface area contributed by atoms with E-state index in [1.54, 1.807) is 0 Å². The van der Waals surface area contributed by atoms with E-state index in [1.165, 1.54) is 0 Å². The van der Waals surface area contributed by atoms with Crippen LogP contribution in [0.2, 0.25) is 36.3 Å². The van der Waals surface area contributed by atoms with Crippen LogP contribution in [0.3, 0.4) is 0 Å². The summed E-state index contributed by atoms with van der Waals surface area (Å²) in [6.45, 7) is 25.7. The number of unbranched alkanes of at least 4 members (excludes halogenated alkanes) is 4. The molecule has 0 saturated heterocycles. The van der Waals surface area contributed by atoms with E-state index in [2.05, 4.69) is 81.6 Å². The van der Waals surface area contributed by atoms with Gasteiger partial charge in [-0.25, -0.2) is 0 Å². The molecule has 0 spiro atoms. The van der Waals surface area contributed by atoms with Crippen LogP contribution in [0.25, 0.3) is 0 Å². The van der Waals surface area contributed by atoms with Crippen molar-refractivity contribution in [1.82, 2.24) is 0 Å². The lowest BCUT2D eigenvalue weighted by Crippen LogP contribution is -2.45. The van der Waals surface area contributed by atoms with Crippen LogP contribution in [0.5, 0.6) is 0 Å². The third-order valence-corrected chi connectivity index (χ3v) is 20.3. The van der Waals surface area contributed by atoms with Crippen LogP contribution in [-0.2, 0) is 27.9 Å². The van der Waals surface area contributed by atoms with E-state index in [-0.39, 0.29) is 34.8 Å². The van der Waals surface area contributed by atoms with Crippen molar-refractivity contribution in [3.8, 4) is 0 Å². The molecule has 0 fully saturated rings. The molecule has 1 aliphatic carbocycles. The maximum Gasteiger partial charge on any atom is 0.534 e. The number of hydrogen-bond donors (Lipinski definition) is 1. The molecule has 4 atom stereocenters. The highest BCUT2D eigenvalue weighted by Gasteiger charge is 2.51. The average molecular weight is 743 g/mol. The number of aliphatic carboxylic acids is 1. The predicted octanol–water partition coefficient (Wildman–Crippen LogP) is 11.1. The van der Waals surface area contributed by atoms with Gasteiger partial charge in [-0.2, -0.15) is 21.6 Å². The fourth-order valence-electron chi connectivity index (χ4n) is 5.31. The summed E-state index contributed by atoms with van der Waals surface area (Å²) in [5.74, 6) is -1.19. The van der Waals surface area contributed by atoms with Crippen LogP contribution in [0.15, 0.2) is 23.5 Å². The molecular formula is C35H65F3O7SSi2. The van der Waals surface area contributed by atoms with Crippen LogP contribution in [0.1, 0.15) is 126 Å². The zero-order valence-corrected chi connectivity index (χ0v) is 34.5. The second kappa shape index (κ2) is 17.9. The van der Waals surface area contributed by atoms with Crippen LogP contribution in [0.4, 0.5) is 13.2 Å². The number of alkyl halides is 3. The van der Waals surface area contributed by atoms with Crippen molar-refractivity contribution in [2.45, 2.75) is 180 Å². The molecule has 0 unspecified atom stereocenters. The maximum atomic E-state index is 13.6. The number of halogens is 3. The molecule has 0 saturated carbocycles. The molecule has 1 rings (SSSR count). The summed E-state index contributed by atoms with van der Waals surface area (Å²) in [7, 11) is -10.5. The standard InChI is InChI=1S/C35H65F3O7SSi2/c1-13-14-19-26(2)24-27(44-47(9,10)33(3,4)5)22-23-29-28(20-17-15-16-18-21-32(39)40)30(43-46(41,42)35(36,37)38)25-31(29)45-48(11,12)34(6,7)8/h22-23,26-27,29,31H,13-21,24-25H2,1-12H3,(H,39,40)/t26-,27-,29-,31-/m1/s1. The predicted molar refractivity (Wildman–Crippen MR) is 193 cm³/mol. The zero-order valence-electron chi connectivity index (χ0n) is 31.7. The van der Waals surface area contributed by atoms with Gasteiger partial charge in [0.05, 0.1) is 12.2 Å². The van der Waals surface area contributed by atoms with Crippen molar-refractivity contribution in [2.24, 2.45) is 11.8 Å². The van der Waals surface area contributed by atoms with E-state index in [9.17, 15) is 26.4 Å². The molecule has 0 aromatic rings. The lowest BCUT2D eigenvalue weighted by Gasteiger charge is -2.40. The first-order chi connectivity index (χ1) is 21.6. The number of carboxylic acid groups (broad SMARTS) is 1. The smallest absolute Gasteiger partial charge is 0.481 e. The Morgan fingerprint density at radius 1 is 0.958 bits per heavy atom. The summed E-state index contributed by atoms with van der Waals surface area (Å²) in [5.41, 5.74) is -5.08. The first-order valence-electron chi connectivity index (χ1n) is 17.6. The van der Waals surface area contributed by atoms with E-state index >= 15 is 0 Å². The fourth-order valence-corrected chi connectivity index (χ4v) is 8.47. The summed E-state index contributed by atoms with van der Waals surface area (Å²) in [4.78, 5) is 10.9. The van der Waals surface area contributed by atoms with Gasteiger partial charge in [0.1, 0.15) is 5.76 Å². The van der Waals surface area contributed by atoms with Gasteiger partial charge in [0.2, 0.25) is 0 Å². The molecule has 1 N–H and O–H groups in total. The van der Waals surface area contributed by atoms with Gasteiger partial charge < -0.3 is 18.1 Å². The minimum absolute atomic E-state index is 0.0360. The Hall–Kier alpha value is -1.16. The summed E-state index contributed by atoms with van der Waals surface area (Å²) >= 11 is 0. The summed E-state index contributed by atoms with van der Waals surface area (Å²) in [5, 5.41) is 8.75. The lowest BCUT2D eigenvalue weighted by atomic mass is 9.92. The van der Waals surface area contributed by atoms with Gasteiger partial charge >= 0.3 is 21.6 Å². The van der Waals surface area contributed by atoms with E-state index in [0.29, 0.717) is 43.6 Å². The largest absolute Gasteiger partial charge is 0.534 e. The highest BCUT2D eigenvalue weighted by molar-refractivity contribution is 7.87. The van der Waals surface area contributed by atoms with Gasteiger partial charge in [-0.05, 0) is 73.4 Å². The van der Waals surface area contributed by atoms with Gasteiger partial charge in [0.25, 0.3) is 0 Å². The van der Waals surface area contributed by atoms with E-state index in [4.69, 9.17) is 18.1 Å². The minimum Gasteiger partial charge on any atom is -0.481 e. The van der Waals surface area contributed by atoms with Crippen LogP contribution in [0, 0.1) is 11.8 Å². The van der Waals surface area contributed by atoms with E-state index in [1.807, 2.05) is 12.2 Å². The van der Waals surface area contributed by atoms with Gasteiger partial charge in [0, 0.05) is 18.8 Å². The summed E-state index contributed by atoms with van der Waals surface area (Å²) in [6, 6.07) is 0. The molecule has 0 amide bonds. The second-order valence-electron chi connectivity index (χ2n) is 16.7. The Bertz CT molecular complexity index is 1200. The Kier molecular flexibility index (Phi) is 16.7. The number of carboxylic acids is 1. The van der Waals surface area contributed by atoms with Gasteiger partial charge in [-0.1, -0.05) is 99.6 Å². The van der Waals surface area contributed by atoms with Crippen molar-refractivity contribution in [3.05, 3.63) is 23.5 Å². The second-order valence-corrected chi connectivity index (χ2v) is 27.7. The highest BCUT2D eigenvalue weighted by atomic mass is 32.2. The van der Waals surface area contributed by atoms with E-state index in [0.717, 1.165) is 25.7 Å². The van der Waals surface area contributed by atoms with Crippen molar-refractivity contribution in [3.63, 3.8) is 0 Å². The molecule has 282 valence electrons. The summed E-state index contributed by atoms with van der Waals surface area (Å²) < 4.78 is 84.0. The Morgan fingerprint density at radius 2 is 1.52 bits per heavy atom. The molecular weight excluding hydrogens is 678 g/mol. The molecule has 1 aliphatic rings. The molecule has 48 heavy (non-hydrogen) atoms. The molecule has 0 aromatic heterocycles. The molecule has 13 heteroatoms. The third-order valence-electron chi connectivity index (χ3n) is 10.4. The minimum atomic E-state index is -5.89. The van der Waals surface area contributed by atoms with Crippen molar-refractivity contribution in [2.75, 3.05) is 0 Å². The van der Waals surface area contributed by atoms with Crippen molar-refractivity contribution < 1.29 is 44.5 Å². The molecule has 0 bridgehead atoms. The molecule has 0 radical (unpaired) electrons. The quantitative estimate of drug-likeness (QED) is 0.0436. The van der Waals surface area contributed by atoms with Crippen LogP contribution >= 0.6 is 0 Å². The molecule has 0 aromatic carbocycles. The fraction of sp³-hybridized carbons (Fsp3) is 0.857. The number of hydrogen-bond acceptors (Lipinski definition) is 6. The van der Waals surface area contributed by atoms with Gasteiger partial charge in [-0.3, -0.25) is 4.79 Å². The Balaban J connectivity index is 3.70. The summed E-state index contributed by atoms with van der Waals surface area (Å²) in [6.07, 6.45) is 9.80. The molecule has 7 nitrogen and oxygen atoms in total. The van der Waals surface area contributed by atoms with Crippen molar-refractivity contribution in [1.29, 1.82) is 0 Å². The average Bonchev–Trinajstić information content (AvgIpc) is 3.19. The highest BCUT2D eigenvalue weighted by Crippen LogP contribution is 2.46. The number of carbonyl (C=O) groups is 1. The van der Waals surface area contributed by atoms with E-state index < -0.39 is 50.3 Å². The van der Waals surface area contributed by atoms with Gasteiger partial charge in [0.15, 0.2) is 16.6 Å². The first kappa shape index (κ1) is 44.9. The van der Waals surface area contributed by atoms with Crippen LogP contribution < -0.4 is 0 Å². The SMILES string of the molecule is CCCC[C@@H](C)C[C@@H](C=C[C@@H]1C(CCCCCCC(=O)O)=C(OS(=O)(=O)C(F)(F)F)C[C@H]1O[Si](C)(C)C(C)(C)C)O[Si](C)(C)C(C)(C)C. The van der Waals surface area contributed by atoms with Gasteiger partial charge in [-0.15, -0.1) is 0 Å². The monoisotopic (exact) mass is 742 g/mol. The topological polar surface area (TPSA) is 99.1 Å². The third kappa shape index (κ3) is 13.9. The molecule has 0 aliphatic heterocycles. The Morgan fingerprint density at radius 3 is 2.02 bits per heavy atom. The zero-order chi connectivity index (χ0) is 37.4. The first-order valence-corrected chi connectivity index (χ1v) is 24.9. The normalized spacial score (nSPS) is 20.1. The van der Waals surface area contributed by atoms with Crippen molar-refractivity contribution >= 4 is 32.7 Å².